The Hall–Kier alpha value is -3.65. The molecular formula is C29H27ClN2O4S. The van der Waals surface area contributed by atoms with Gasteiger partial charge in [0.25, 0.3) is 0 Å². The van der Waals surface area contributed by atoms with Gasteiger partial charge in [-0.05, 0) is 41.3 Å². The van der Waals surface area contributed by atoms with Gasteiger partial charge < -0.3 is 10.1 Å². The Balaban J connectivity index is 1.66. The lowest BCUT2D eigenvalue weighted by molar-refractivity contribution is -0.123. The zero-order valence-electron chi connectivity index (χ0n) is 20.2. The van der Waals surface area contributed by atoms with E-state index < -0.39 is 28.0 Å². The van der Waals surface area contributed by atoms with Crippen molar-refractivity contribution in [2.75, 3.05) is 7.11 Å². The van der Waals surface area contributed by atoms with E-state index in [2.05, 4.69) is 10.0 Å². The zero-order chi connectivity index (χ0) is 26.3. The summed E-state index contributed by atoms with van der Waals surface area (Å²) in [6.07, 6.45) is 0.159. The van der Waals surface area contributed by atoms with E-state index in [4.69, 9.17) is 16.3 Å². The topological polar surface area (TPSA) is 84.5 Å². The largest absolute Gasteiger partial charge is 0.495 e. The number of carbonyl (C=O) groups is 1. The van der Waals surface area contributed by atoms with Crippen LogP contribution in [0.25, 0.3) is 0 Å². The molecule has 0 bridgehead atoms. The molecule has 4 aromatic rings. The Morgan fingerprint density at radius 3 is 1.89 bits per heavy atom. The Kier molecular flexibility index (Phi) is 8.61. The van der Waals surface area contributed by atoms with Crippen LogP contribution in [-0.4, -0.2) is 27.5 Å². The minimum atomic E-state index is -4.09. The zero-order valence-corrected chi connectivity index (χ0v) is 21.7. The van der Waals surface area contributed by atoms with Crippen molar-refractivity contribution in [2.45, 2.75) is 23.4 Å². The van der Waals surface area contributed by atoms with E-state index in [1.54, 1.807) is 0 Å². The number of amides is 1. The predicted octanol–water partition coefficient (Wildman–Crippen LogP) is 5.14. The molecule has 2 N–H and O–H groups in total. The number of sulfonamides is 1. The lowest BCUT2D eigenvalue weighted by Gasteiger charge is -2.24. The molecule has 0 saturated carbocycles. The summed E-state index contributed by atoms with van der Waals surface area (Å²) >= 11 is 6.17. The Bertz CT molecular complexity index is 1390. The van der Waals surface area contributed by atoms with Gasteiger partial charge in [0.15, 0.2) is 0 Å². The second-order valence-electron chi connectivity index (χ2n) is 8.42. The molecule has 4 rings (SSSR count). The minimum absolute atomic E-state index is 0.0631. The molecule has 0 radical (unpaired) electrons. The van der Waals surface area contributed by atoms with E-state index >= 15 is 0 Å². The molecule has 0 aliphatic carbocycles. The lowest BCUT2D eigenvalue weighted by atomic mass is 9.97. The van der Waals surface area contributed by atoms with Crippen molar-refractivity contribution in [3.8, 4) is 5.75 Å². The quantitative estimate of drug-likeness (QED) is 0.295. The van der Waals surface area contributed by atoms with Crippen LogP contribution in [0.1, 0.15) is 22.7 Å². The van der Waals surface area contributed by atoms with Crippen LogP contribution in [0.3, 0.4) is 0 Å². The highest BCUT2D eigenvalue weighted by atomic mass is 35.5. The van der Waals surface area contributed by atoms with Gasteiger partial charge in [-0.15, -0.1) is 0 Å². The van der Waals surface area contributed by atoms with Crippen LogP contribution < -0.4 is 14.8 Å². The van der Waals surface area contributed by atoms with Crippen molar-refractivity contribution in [2.24, 2.45) is 0 Å². The van der Waals surface area contributed by atoms with Crippen LogP contribution in [-0.2, 0) is 21.2 Å². The number of ether oxygens (including phenoxy) is 1. The maximum atomic E-state index is 13.7. The first-order valence-electron chi connectivity index (χ1n) is 11.7. The number of nitrogens with one attached hydrogen (secondary N) is 2. The van der Waals surface area contributed by atoms with Crippen LogP contribution in [0.15, 0.2) is 114 Å². The number of benzene rings is 4. The SMILES string of the molecule is COc1ccc(S(=O)(=O)N[C@H](Cc2ccccc2)C(=O)NC(c2ccccc2)c2ccccc2)cc1Cl. The Labute approximate surface area is 222 Å². The molecule has 6 nitrogen and oxygen atoms in total. The molecule has 0 fully saturated rings. The fourth-order valence-corrected chi connectivity index (χ4v) is 5.54. The van der Waals surface area contributed by atoms with Crippen LogP contribution in [0.5, 0.6) is 5.75 Å². The van der Waals surface area contributed by atoms with E-state index in [1.807, 2.05) is 91.0 Å². The van der Waals surface area contributed by atoms with Gasteiger partial charge in [-0.1, -0.05) is 103 Å². The van der Waals surface area contributed by atoms with Crippen LogP contribution in [0.4, 0.5) is 0 Å². The summed E-state index contributed by atoms with van der Waals surface area (Å²) in [4.78, 5) is 13.6. The smallest absolute Gasteiger partial charge is 0.241 e. The summed E-state index contributed by atoms with van der Waals surface area (Å²) < 4.78 is 34.4. The molecule has 1 amide bonds. The fourth-order valence-electron chi connectivity index (χ4n) is 4.00. The summed E-state index contributed by atoms with van der Waals surface area (Å²) in [6.45, 7) is 0. The first kappa shape index (κ1) is 26.4. The maximum absolute atomic E-state index is 13.7. The molecule has 0 heterocycles. The fraction of sp³-hybridized carbons (Fsp3) is 0.138. The summed E-state index contributed by atoms with van der Waals surface area (Å²) in [5.74, 6) is -0.0995. The maximum Gasteiger partial charge on any atom is 0.241 e. The van der Waals surface area contributed by atoms with Crippen LogP contribution in [0, 0.1) is 0 Å². The third-order valence-corrected chi connectivity index (χ3v) is 7.65. The lowest BCUT2D eigenvalue weighted by Crippen LogP contribution is -2.49. The summed E-state index contributed by atoms with van der Waals surface area (Å²) in [7, 11) is -2.64. The van der Waals surface area contributed by atoms with Crippen molar-refractivity contribution in [3.05, 3.63) is 131 Å². The third-order valence-electron chi connectivity index (χ3n) is 5.88. The van der Waals surface area contributed by atoms with E-state index in [1.165, 1.54) is 25.3 Å². The number of carbonyl (C=O) groups excluding carboxylic acids is 1. The number of halogens is 1. The second kappa shape index (κ2) is 12.1. The molecule has 1 atom stereocenters. The molecule has 0 aliphatic heterocycles. The highest BCUT2D eigenvalue weighted by molar-refractivity contribution is 7.89. The molecule has 4 aromatic carbocycles. The van der Waals surface area contributed by atoms with Gasteiger partial charge in [-0.3, -0.25) is 4.79 Å². The van der Waals surface area contributed by atoms with Crippen molar-refractivity contribution >= 4 is 27.5 Å². The molecule has 0 aromatic heterocycles. The first-order valence-corrected chi connectivity index (χ1v) is 13.5. The Morgan fingerprint density at radius 2 is 1.38 bits per heavy atom. The molecule has 37 heavy (non-hydrogen) atoms. The van der Waals surface area contributed by atoms with Crippen molar-refractivity contribution in [1.82, 2.24) is 10.0 Å². The van der Waals surface area contributed by atoms with Crippen molar-refractivity contribution in [1.29, 1.82) is 0 Å². The molecule has 0 aliphatic rings. The van der Waals surface area contributed by atoms with Crippen molar-refractivity contribution < 1.29 is 17.9 Å². The Morgan fingerprint density at radius 1 is 0.838 bits per heavy atom. The van der Waals surface area contributed by atoms with E-state index in [-0.39, 0.29) is 16.3 Å². The van der Waals surface area contributed by atoms with Gasteiger partial charge in [-0.25, -0.2) is 8.42 Å². The second-order valence-corrected chi connectivity index (χ2v) is 10.5. The number of hydrogen-bond donors (Lipinski definition) is 2. The van der Waals surface area contributed by atoms with Gasteiger partial charge in [0.05, 0.1) is 23.1 Å². The van der Waals surface area contributed by atoms with E-state index in [0.717, 1.165) is 16.7 Å². The summed E-state index contributed by atoms with van der Waals surface area (Å²) in [6, 6.07) is 31.0. The van der Waals surface area contributed by atoms with Gasteiger partial charge in [-0.2, -0.15) is 4.72 Å². The number of rotatable bonds is 10. The van der Waals surface area contributed by atoms with E-state index in [0.29, 0.717) is 5.75 Å². The molecule has 8 heteroatoms. The predicted molar refractivity (Wildman–Crippen MR) is 145 cm³/mol. The molecule has 0 saturated heterocycles. The molecule has 190 valence electrons. The van der Waals surface area contributed by atoms with Gasteiger partial charge in [0.2, 0.25) is 15.9 Å². The third kappa shape index (κ3) is 6.77. The normalized spacial score (nSPS) is 12.2. The van der Waals surface area contributed by atoms with Crippen LogP contribution >= 0.6 is 11.6 Å². The van der Waals surface area contributed by atoms with Crippen LogP contribution in [0.2, 0.25) is 5.02 Å². The van der Waals surface area contributed by atoms with E-state index in [9.17, 15) is 13.2 Å². The van der Waals surface area contributed by atoms with Gasteiger partial charge in [0.1, 0.15) is 11.8 Å². The first-order chi connectivity index (χ1) is 17.9. The molecular weight excluding hydrogens is 508 g/mol. The monoisotopic (exact) mass is 534 g/mol. The number of methoxy groups -OCH3 is 1. The standard InChI is InChI=1S/C29H27ClN2O4S/c1-36-27-18-17-24(20-25(27)30)37(34,35)32-26(19-21-11-5-2-6-12-21)29(33)31-28(22-13-7-3-8-14-22)23-15-9-4-10-16-23/h2-18,20,26,28,32H,19H2,1H3,(H,31,33)/t26-/m1/s1. The average Bonchev–Trinajstić information content (AvgIpc) is 2.92. The van der Waals surface area contributed by atoms with Crippen molar-refractivity contribution in [3.63, 3.8) is 0 Å². The average molecular weight is 535 g/mol. The molecule has 0 spiro atoms. The summed E-state index contributed by atoms with van der Waals surface area (Å²) in [5.41, 5.74) is 2.57. The van der Waals surface area contributed by atoms with Gasteiger partial charge in [0, 0.05) is 0 Å². The molecule has 0 unspecified atom stereocenters. The minimum Gasteiger partial charge on any atom is -0.495 e. The van der Waals surface area contributed by atoms with Gasteiger partial charge >= 0.3 is 0 Å². The number of hydrogen-bond acceptors (Lipinski definition) is 4. The highest BCUT2D eigenvalue weighted by Crippen LogP contribution is 2.27. The summed E-state index contributed by atoms with van der Waals surface area (Å²) in [5, 5.41) is 3.22. The highest BCUT2D eigenvalue weighted by Gasteiger charge is 2.29.